The maximum atomic E-state index is 12.7. The van der Waals surface area contributed by atoms with Crippen LogP contribution in [0.1, 0.15) is 11.1 Å². The van der Waals surface area contributed by atoms with Crippen LogP contribution in [0, 0.1) is 21.4 Å². The van der Waals surface area contributed by atoms with Crippen molar-refractivity contribution in [2.24, 2.45) is 0 Å². The lowest BCUT2D eigenvalue weighted by Gasteiger charge is -2.12. The lowest BCUT2D eigenvalue weighted by molar-refractivity contribution is -0.384. The van der Waals surface area contributed by atoms with E-state index in [0.29, 0.717) is 22.1 Å². The molecule has 0 atom stereocenters. The average molecular weight is 494 g/mol. The molecule has 0 unspecified atom stereocenters. The molecule has 10 heteroatoms. The first kappa shape index (κ1) is 25.1. The molecule has 3 aromatic rings. The fourth-order valence-electron chi connectivity index (χ4n) is 3.07. The fraction of sp³-hybridized carbons (Fsp3) is 0.120. The Bertz CT molecular complexity index is 1330. The van der Waals surface area contributed by atoms with E-state index in [1.54, 1.807) is 24.3 Å². The van der Waals surface area contributed by atoms with Crippen LogP contribution in [-0.4, -0.2) is 25.1 Å². The molecule has 0 aliphatic carbocycles. The molecule has 0 heterocycles. The van der Waals surface area contributed by atoms with E-state index < -0.39 is 10.8 Å². The van der Waals surface area contributed by atoms with Crippen LogP contribution >= 0.6 is 11.6 Å². The van der Waals surface area contributed by atoms with Gasteiger partial charge in [0, 0.05) is 16.7 Å². The van der Waals surface area contributed by atoms with Crippen molar-refractivity contribution in [2.75, 3.05) is 19.5 Å². The van der Waals surface area contributed by atoms with Crippen LogP contribution in [0.4, 0.5) is 11.4 Å². The van der Waals surface area contributed by atoms with Crippen molar-refractivity contribution in [2.45, 2.75) is 6.61 Å². The molecule has 9 nitrogen and oxygen atoms in total. The smallest absolute Gasteiger partial charge is 0.273 e. The number of carbonyl (C=O) groups excluding carboxylic acids is 1. The van der Waals surface area contributed by atoms with Gasteiger partial charge in [0.25, 0.3) is 11.6 Å². The summed E-state index contributed by atoms with van der Waals surface area (Å²) in [7, 11) is 2.79. The molecule has 0 radical (unpaired) electrons. The number of nitrogens with zero attached hydrogens (tertiary/aromatic N) is 2. The number of nitro groups is 1. The zero-order valence-corrected chi connectivity index (χ0v) is 19.5. The number of methoxy groups -OCH3 is 2. The Morgan fingerprint density at radius 1 is 1.09 bits per heavy atom. The molecule has 0 saturated carbocycles. The van der Waals surface area contributed by atoms with E-state index in [-0.39, 0.29) is 29.3 Å². The number of nitrogens with one attached hydrogen (secondary N) is 1. The van der Waals surface area contributed by atoms with Crippen molar-refractivity contribution in [3.63, 3.8) is 0 Å². The summed E-state index contributed by atoms with van der Waals surface area (Å²) in [4.78, 5) is 23.1. The van der Waals surface area contributed by atoms with E-state index in [0.717, 1.165) is 5.56 Å². The summed E-state index contributed by atoms with van der Waals surface area (Å²) in [6.45, 7) is 0.230. The number of hydrogen-bond acceptors (Lipinski definition) is 7. The first-order valence-corrected chi connectivity index (χ1v) is 10.5. The maximum Gasteiger partial charge on any atom is 0.273 e. The number of halogens is 1. The van der Waals surface area contributed by atoms with E-state index in [1.807, 2.05) is 24.3 Å². The van der Waals surface area contributed by atoms with Crippen LogP contribution in [0.3, 0.4) is 0 Å². The van der Waals surface area contributed by atoms with Crippen LogP contribution in [0.25, 0.3) is 6.08 Å². The maximum absolute atomic E-state index is 12.7. The van der Waals surface area contributed by atoms with Crippen LogP contribution in [0.5, 0.6) is 17.2 Å². The van der Waals surface area contributed by atoms with Crippen molar-refractivity contribution in [3.8, 4) is 23.3 Å². The molecule has 3 rings (SSSR count). The third kappa shape index (κ3) is 6.28. The number of amides is 1. The molecule has 1 amide bonds. The first-order valence-electron chi connectivity index (χ1n) is 10.2. The van der Waals surface area contributed by atoms with Gasteiger partial charge < -0.3 is 19.5 Å². The van der Waals surface area contributed by atoms with E-state index in [4.69, 9.17) is 25.8 Å². The Labute approximate surface area is 206 Å². The Balaban J connectivity index is 1.79. The minimum atomic E-state index is -0.710. The summed E-state index contributed by atoms with van der Waals surface area (Å²) >= 11 is 6.17. The summed E-state index contributed by atoms with van der Waals surface area (Å²) in [5.74, 6) is 0.243. The molecule has 3 aromatic carbocycles. The van der Waals surface area contributed by atoms with Gasteiger partial charge in [0.15, 0.2) is 11.5 Å². The number of ether oxygens (including phenoxy) is 3. The second-order valence-electron chi connectivity index (χ2n) is 7.06. The predicted molar refractivity (Wildman–Crippen MR) is 131 cm³/mol. The summed E-state index contributed by atoms with van der Waals surface area (Å²) < 4.78 is 16.3. The van der Waals surface area contributed by atoms with Crippen LogP contribution in [0.2, 0.25) is 5.02 Å². The Kier molecular flexibility index (Phi) is 8.27. The van der Waals surface area contributed by atoms with E-state index in [1.165, 1.54) is 38.5 Å². The van der Waals surface area contributed by atoms with Gasteiger partial charge in [-0.15, -0.1) is 0 Å². The Hall–Kier alpha value is -4.55. The van der Waals surface area contributed by atoms with Crippen molar-refractivity contribution >= 4 is 35.0 Å². The Morgan fingerprint density at radius 2 is 1.83 bits per heavy atom. The van der Waals surface area contributed by atoms with Crippen LogP contribution in [0.15, 0.2) is 66.2 Å². The average Bonchev–Trinajstić information content (AvgIpc) is 2.87. The van der Waals surface area contributed by atoms with Gasteiger partial charge in [-0.05, 0) is 35.9 Å². The molecule has 0 aromatic heterocycles. The number of nitro benzene ring substituents is 1. The number of carbonyl (C=O) groups is 1. The summed E-state index contributed by atoms with van der Waals surface area (Å²) in [6, 6.07) is 17.8. The number of anilines is 1. The summed E-state index contributed by atoms with van der Waals surface area (Å²) in [5, 5.41) is 23.6. The van der Waals surface area contributed by atoms with Crippen molar-refractivity contribution in [3.05, 3.63) is 92.5 Å². The molecule has 0 aliphatic rings. The molecule has 1 N–H and O–H groups in total. The molecule has 0 fully saturated rings. The van der Waals surface area contributed by atoms with Gasteiger partial charge >= 0.3 is 0 Å². The predicted octanol–water partition coefficient (Wildman–Crippen LogP) is 5.39. The highest BCUT2D eigenvalue weighted by Gasteiger charge is 2.16. The zero-order valence-electron chi connectivity index (χ0n) is 18.8. The number of benzene rings is 3. The third-order valence-electron chi connectivity index (χ3n) is 4.85. The molecule has 0 saturated heterocycles. The molecule has 178 valence electrons. The monoisotopic (exact) mass is 493 g/mol. The number of nitriles is 1. The van der Waals surface area contributed by atoms with Crippen molar-refractivity contribution < 1.29 is 23.9 Å². The van der Waals surface area contributed by atoms with Crippen LogP contribution < -0.4 is 19.5 Å². The highest BCUT2D eigenvalue weighted by molar-refractivity contribution is 6.31. The number of rotatable bonds is 9. The highest BCUT2D eigenvalue weighted by atomic mass is 35.5. The molecule has 35 heavy (non-hydrogen) atoms. The number of hydrogen-bond donors (Lipinski definition) is 1. The standard InChI is InChI=1S/C25H20ClN3O6/c1-33-23-13-19(29(31)32)8-9-21(23)28-25(30)18(14-27)11-16-7-10-22(24(12-16)34-2)35-15-17-5-3-4-6-20(17)26/h3-13H,15H2,1-2H3,(H,28,30)/b18-11+. The minimum Gasteiger partial charge on any atom is -0.494 e. The van der Waals surface area contributed by atoms with Crippen LogP contribution in [-0.2, 0) is 11.4 Å². The lowest BCUT2D eigenvalue weighted by atomic mass is 10.1. The van der Waals surface area contributed by atoms with Crippen molar-refractivity contribution in [1.82, 2.24) is 0 Å². The molecular formula is C25H20ClN3O6. The quantitative estimate of drug-likeness (QED) is 0.183. The van der Waals surface area contributed by atoms with Crippen molar-refractivity contribution in [1.29, 1.82) is 5.26 Å². The molecule has 0 bridgehead atoms. The highest BCUT2D eigenvalue weighted by Crippen LogP contribution is 2.31. The van der Waals surface area contributed by atoms with Gasteiger partial charge in [-0.2, -0.15) is 5.26 Å². The normalized spacial score (nSPS) is 10.7. The largest absolute Gasteiger partial charge is 0.494 e. The molecular weight excluding hydrogens is 474 g/mol. The first-order chi connectivity index (χ1) is 16.9. The van der Waals surface area contributed by atoms with Gasteiger partial charge in [0.2, 0.25) is 0 Å². The second-order valence-corrected chi connectivity index (χ2v) is 7.46. The SMILES string of the molecule is COc1cc([N+](=O)[O-])ccc1NC(=O)/C(C#N)=C/c1ccc(OCc2ccccc2Cl)c(OC)c1. The van der Waals surface area contributed by atoms with E-state index in [9.17, 15) is 20.2 Å². The third-order valence-corrected chi connectivity index (χ3v) is 5.22. The summed E-state index contributed by atoms with van der Waals surface area (Å²) in [6.07, 6.45) is 1.38. The number of non-ortho nitro benzene ring substituents is 1. The van der Waals surface area contributed by atoms with Gasteiger partial charge in [-0.3, -0.25) is 14.9 Å². The molecule has 0 spiro atoms. The zero-order chi connectivity index (χ0) is 25.4. The molecule has 0 aliphatic heterocycles. The lowest BCUT2D eigenvalue weighted by Crippen LogP contribution is -2.14. The minimum absolute atomic E-state index is 0.0894. The fourth-order valence-corrected chi connectivity index (χ4v) is 3.26. The van der Waals surface area contributed by atoms with Gasteiger partial charge in [-0.1, -0.05) is 35.9 Å². The van der Waals surface area contributed by atoms with Gasteiger partial charge in [-0.25, -0.2) is 0 Å². The van der Waals surface area contributed by atoms with Gasteiger partial charge in [0.05, 0.1) is 30.9 Å². The topological polar surface area (TPSA) is 124 Å². The Morgan fingerprint density at radius 3 is 2.49 bits per heavy atom. The van der Waals surface area contributed by atoms with Gasteiger partial charge in [0.1, 0.15) is 24.0 Å². The summed E-state index contributed by atoms with van der Waals surface area (Å²) in [5.41, 5.74) is 1.13. The second kappa shape index (κ2) is 11.5. The van der Waals surface area contributed by atoms with E-state index >= 15 is 0 Å². The van der Waals surface area contributed by atoms with E-state index in [2.05, 4.69) is 5.32 Å².